The summed E-state index contributed by atoms with van der Waals surface area (Å²) in [6.07, 6.45) is -0.0412. The van der Waals surface area contributed by atoms with Gasteiger partial charge in [0.2, 0.25) is 5.60 Å². The molecule has 1 saturated heterocycles. The number of oxime groups is 1. The number of hydrogen-bond donors (Lipinski definition) is 3. The second-order valence-corrected chi connectivity index (χ2v) is 18.2. The Kier molecular flexibility index (Phi) is 12.9. The van der Waals surface area contributed by atoms with Crippen LogP contribution in [-0.2, 0) is 43.9 Å². The molecule has 2 atom stereocenters. The van der Waals surface area contributed by atoms with Crippen molar-refractivity contribution in [1.82, 2.24) is 15.2 Å². The second-order valence-electron chi connectivity index (χ2n) is 13.9. The first kappa shape index (κ1) is 44.6. The molecule has 0 bridgehead atoms. The first-order valence-electron chi connectivity index (χ1n) is 17.7. The third kappa shape index (κ3) is 9.54. The monoisotopic (exact) mass is 919 g/mol. The Morgan fingerprint density at radius 1 is 0.951 bits per heavy atom. The van der Waals surface area contributed by atoms with Crippen LogP contribution in [0.3, 0.4) is 0 Å². The van der Waals surface area contributed by atoms with Crippen LogP contribution in [0.15, 0.2) is 120 Å². The minimum Gasteiger partial charge on any atom is -0.477 e. The molecule has 0 radical (unpaired) electrons. The molecule has 2 aliphatic rings. The van der Waals surface area contributed by atoms with Crippen molar-refractivity contribution in [2.24, 2.45) is 5.16 Å². The Morgan fingerprint density at radius 2 is 1.49 bits per heavy atom. The highest BCUT2D eigenvalue weighted by molar-refractivity contribution is 8.00. The number of carboxylic acid groups (broad SMARTS) is 1. The molecule has 3 heterocycles. The Morgan fingerprint density at radius 3 is 1.98 bits per heavy atom. The molecular formula is C39H33ClF3N5O10S3. The fourth-order valence-electron chi connectivity index (χ4n) is 6.09. The summed E-state index contributed by atoms with van der Waals surface area (Å²) in [5, 5.41) is 18.3. The van der Waals surface area contributed by atoms with E-state index in [1.807, 2.05) is 0 Å². The third-order valence-corrected chi connectivity index (χ3v) is 12.1. The lowest BCUT2D eigenvalue weighted by atomic mass is 9.80. The number of rotatable bonds is 13. The zero-order chi connectivity index (χ0) is 44.3. The molecule has 0 saturated carbocycles. The molecule has 0 aliphatic carbocycles. The van der Waals surface area contributed by atoms with E-state index in [-0.39, 0.29) is 32.7 Å². The molecule has 3 aromatic carbocycles. The van der Waals surface area contributed by atoms with E-state index in [1.54, 1.807) is 112 Å². The Labute approximate surface area is 359 Å². The van der Waals surface area contributed by atoms with Crippen LogP contribution in [0.25, 0.3) is 0 Å². The van der Waals surface area contributed by atoms with Crippen LogP contribution >= 0.6 is 34.7 Å². The van der Waals surface area contributed by atoms with Gasteiger partial charge in [-0.05, 0) is 32.4 Å². The molecule has 22 heteroatoms. The van der Waals surface area contributed by atoms with Gasteiger partial charge in [0.25, 0.3) is 11.8 Å². The smallest absolute Gasteiger partial charge is 0.477 e. The van der Waals surface area contributed by atoms with Crippen molar-refractivity contribution in [2.45, 2.75) is 48.9 Å². The van der Waals surface area contributed by atoms with Crippen molar-refractivity contribution in [2.75, 3.05) is 11.1 Å². The molecule has 6 rings (SSSR count). The number of fused-ring (bicyclic) bond motifs is 1. The average molecular weight is 920 g/mol. The van der Waals surface area contributed by atoms with E-state index in [0.717, 1.165) is 28.0 Å². The summed E-state index contributed by atoms with van der Waals surface area (Å²) in [7, 11) is -6.04. The van der Waals surface area contributed by atoms with Crippen molar-refractivity contribution in [3.8, 4) is 0 Å². The van der Waals surface area contributed by atoms with Gasteiger partial charge in [-0.25, -0.2) is 14.6 Å². The number of amides is 3. The van der Waals surface area contributed by atoms with E-state index in [0.29, 0.717) is 22.8 Å². The van der Waals surface area contributed by atoms with Gasteiger partial charge in [-0.1, -0.05) is 119 Å². The number of nitrogens with zero attached hydrogens (tertiary/aromatic N) is 3. The molecular weight excluding hydrogens is 887 g/mol. The number of halogens is 4. The van der Waals surface area contributed by atoms with E-state index in [4.69, 9.17) is 21.2 Å². The number of aromatic nitrogens is 1. The molecule has 0 unspecified atom stereocenters. The fourth-order valence-corrected chi connectivity index (χ4v) is 8.75. The van der Waals surface area contributed by atoms with Crippen LogP contribution in [0.5, 0.6) is 0 Å². The van der Waals surface area contributed by atoms with Gasteiger partial charge in [0, 0.05) is 22.4 Å². The Hall–Kier alpha value is -5.90. The number of nitrogens with one attached hydrogen (secondary N) is 2. The highest BCUT2D eigenvalue weighted by Gasteiger charge is 2.55. The lowest BCUT2D eigenvalue weighted by Gasteiger charge is -2.49. The molecule has 1 aromatic heterocycles. The zero-order valence-electron chi connectivity index (χ0n) is 31.9. The Bertz CT molecular complexity index is 2440. The van der Waals surface area contributed by atoms with E-state index < -0.39 is 73.5 Å². The van der Waals surface area contributed by atoms with E-state index in [2.05, 4.69) is 25.0 Å². The number of anilines is 1. The van der Waals surface area contributed by atoms with Crippen LogP contribution < -0.4 is 10.6 Å². The number of hydrogen-bond acceptors (Lipinski definition) is 13. The summed E-state index contributed by atoms with van der Waals surface area (Å²) in [5.41, 5.74) is -8.13. The number of carboxylic acids is 1. The molecule has 15 nitrogen and oxygen atoms in total. The molecule has 320 valence electrons. The van der Waals surface area contributed by atoms with Gasteiger partial charge in [-0.2, -0.15) is 21.6 Å². The maximum Gasteiger partial charge on any atom is 0.534 e. The molecule has 3 amide bonds. The standard InChI is InChI=1S/C39H33ClF3N5O10S3/c1-37(2,3)57-36(53)46-35-45-26(30(40)60-35)27(47-58-38(23-13-7-4-8-14-23,24-15-9-5-10-16-24)25-17-11-6-12-18-25)31(49)44-28-32(50)48-29(34(51)52)22(21-59-33(28)48)19-20-56-61(54,55)39(41,42)43/h4-20,28,33H,21H2,1-3H3,(H,44,49)(H,51,52)(H,45,46,53)/b20-19+,47-27+/t28-,33-/m1/s1. The van der Waals surface area contributed by atoms with Crippen LogP contribution in [0.1, 0.15) is 43.2 Å². The number of thioether (sulfide) groups is 1. The fraction of sp³-hybridized carbons (Fsp3) is 0.231. The van der Waals surface area contributed by atoms with Gasteiger partial charge in [0.05, 0.1) is 0 Å². The maximum absolute atomic E-state index is 14.4. The number of ether oxygens (including phenoxy) is 1. The SMILES string of the molecule is CC(C)(C)OC(=O)Nc1nc(/C(=N\OC(c2ccccc2)(c2ccccc2)c2ccccc2)C(=O)N[C@@H]2C(=O)N3C(C(=O)O)=C(/C=C/OS(=O)(=O)C(F)(F)F)CS[C@H]23)c(Cl)s1. The van der Waals surface area contributed by atoms with Gasteiger partial charge >= 0.3 is 27.7 Å². The lowest BCUT2D eigenvalue weighted by Crippen LogP contribution is -2.71. The van der Waals surface area contributed by atoms with Gasteiger partial charge < -0.3 is 24.2 Å². The molecule has 4 aromatic rings. The number of allylic oxidation sites excluding steroid dienone is 1. The number of carbonyl (C=O) groups excluding carboxylic acids is 3. The highest BCUT2D eigenvalue weighted by Crippen LogP contribution is 2.43. The Balaban J connectivity index is 1.39. The summed E-state index contributed by atoms with van der Waals surface area (Å²) in [5.74, 6) is -3.93. The number of carbonyl (C=O) groups is 4. The van der Waals surface area contributed by atoms with Crippen molar-refractivity contribution in [3.05, 3.63) is 141 Å². The number of benzene rings is 3. The van der Waals surface area contributed by atoms with Crippen LogP contribution in [-0.4, -0.2) is 81.3 Å². The quantitative estimate of drug-likeness (QED) is 0.0237. The first-order chi connectivity index (χ1) is 28.7. The average Bonchev–Trinajstić information content (AvgIpc) is 3.56. The first-order valence-corrected chi connectivity index (χ1v) is 21.4. The summed E-state index contributed by atoms with van der Waals surface area (Å²) in [4.78, 5) is 64.8. The van der Waals surface area contributed by atoms with Crippen molar-refractivity contribution < 1.29 is 59.6 Å². The number of thiazole rings is 1. The van der Waals surface area contributed by atoms with E-state index >= 15 is 0 Å². The van der Waals surface area contributed by atoms with Crippen molar-refractivity contribution >= 4 is 79.5 Å². The predicted molar refractivity (Wildman–Crippen MR) is 219 cm³/mol. The van der Waals surface area contributed by atoms with Crippen LogP contribution in [0.2, 0.25) is 4.34 Å². The van der Waals surface area contributed by atoms with E-state index in [9.17, 15) is 45.9 Å². The van der Waals surface area contributed by atoms with Gasteiger partial charge in [-0.15, -0.1) is 11.8 Å². The van der Waals surface area contributed by atoms with Crippen molar-refractivity contribution in [3.63, 3.8) is 0 Å². The summed E-state index contributed by atoms with van der Waals surface area (Å²) >= 11 is 8.35. The largest absolute Gasteiger partial charge is 0.534 e. The summed E-state index contributed by atoms with van der Waals surface area (Å²) < 4.78 is 70.0. The molecule has 2 aliphatic heterocycles. The van der Waals surface area contributed by atoms with E-state index in [1.165, 1.54) is 0 Å². The maximum atomic E-state index is 14.4. The number of alkyl halides is 3. The van der Waals surface area contributed by atoms with Crippen LogP contribution in [0, 0.1) is 0 Å². The number of β-lactam (4-membered cyclic amide) rings is 1. The molecule has 61 heavy (non-hydrogen) atoms. The summed E-state index contributed by atoms with van der Waals surface area (Å²) in [6.45, 7) is 4.95. The highest BCUT2D eigenvalue weighted by atomic mass is 35.5. The normalized spacial score (nSPS) is 17.3. The van der Waals surface area contributed by atoms with Gasteiger partial charge in [-0.3, -0.25) is 19.8 Å². The number of aliphatic carboxylic acids is 1. The van der Waals surface area contributed by atoms with Crippen LogP contribution in [0.4, 0.5) is 23.1 Å². The molecule has 3 N–H and O–H groups in total. The minimum atomic E-state index is -6.04. The third-order valence-electron chi connectivity index (χ3n) is 8.67. The van der Waals surface area contributed by atoms with Crippen molar-refractivity contribution in [1.29, 1.82) is 0 Å². The molecule has 0 spiro atoms. The topological polar surface area (TPSA) is 203 Å². The minimum absolute atomic E-state index is 0.0900. The van der Waals surface area contributed by atoms with Gasteiger partial charge in [0.15, 0.2) is 10.8 Å². The van der Waals surface area contributed by atoms with Gasteiger partial charge in [0.1, 0.15) is 39.0 Å². The predicted octanol–water partition coefficient (Wildman–Crippen LogP) is 6.97. The molecule has 1 fully saturated rings. The lowest BCUT2D eigenvalue weighted by molar-refractivity contribution is -0.150. The second kappa shape index (κ2) is 17.6. The summed E-state index contributed by atoms with van der Waals surface area (Å²) in [6, 6.07) is 25.5. The zero-order valence-corrected chi connectivity index (χ0v) is 35.1.